The molecule has 3 heterocycles. The first-order chi connectivity index (χ1) is 9.10. The van der Waals surface area contributed by atoms with Crippen LogP contribution >= 0.6 is 0 Å². The lowest BCUT2D eigenvalue weighted by Crippen LogP contribution is -2.43. The van der Waals surface area contributed by atoms with E-state index in [0.717, 1.165) is 37.2 Å². The normalized spacial score (nSPS) is 28.2. The smallest absolute Gasteiger partial charge is 0.255 e. The SMILES string of the molecule is Cc1c[nH]cc1C(=O)N1CC[C@@]2(CCCN(C)C2)C1. The molecule has 0 aromatic carbocycles. The third-order valence-electron chi connectivity index (χ3n) is 4.76. The maximum atomic E-state index is 12.5. The zero-order chi connectivity index (χ0) is 13.5. The molecule has 0 aliphatic carbocycles. The molecule has 1 spiro atoms. The van der Waals surface area contributed by atoms with Crippen LogP contribution in [0.15, 0.2) is 12.4 Å². The summed E-state index contributed by atoms with van der Waals surface area (Å²) in [7, 11) is 2.20. The standard InChI is InChI=1S/C15H23N3O/c1-12-8-16-9-13(12)14(19)18-7-5-15(11-18)4-3-6-17(2)10-15/h8-9,16H,3-7,10-11H2,1-2H3/t15-/m1/s1. The van der Waals surface area contributed by atoms with Crippen LogP contribution in [0, 0.1) is 12.3 Å². The number of aromatic nitrogens is 1. The molecular weight excluding hydrogens is 238 g/mol. The van der Waals surface area contributed by atoms with Crippen LogP contribution in [0.1, 0.15) is 35.2 Å². The van der Waals surface area contributed by atoms with Crippen molar-refractivity contribution >= 4 is 5.91 Å². The molecule has 1 atom stereocenters. The maximum absolute atomic E-state index is 12.5. The molecule has 0 radical (unpaired) electrons. The second-order valence-corrected chi connectivity index (χ2v) is 6.37. The van der Waals surface area contributed by atoms with E-state index < -0.39 is 0 Å². The molecule has 2 fully saturated rings. The third-order valence-corrected chi connectivity index (χ3v) is 4.76. The number of hydrogen-bond donors (Lipinski definition) is 1. The Morgan fingerprint density at radius 1 is 1.26 bits per heavy atom. The summed E-state index contributed by atoms with van der Waals surface area (Å²) in [6, 6.07) is 0. The predicted molar refractivity (Wildman–Crippen MR) is 75.2 cm³/mol. The molecule has 1 aromatic heterocycles. The highest BCUT2D eigenvalue weighted by atomic mass is 16.2. The van der Waals surface area contributed by atoms with E-state index in [1.54, 1.807) is 0 Å². The van der Waals surface area contributed by atoms with Gasteiger partial charge in [-0.1, -0.05) is 0 Å². The topological polar surface area (TPSA) is 39.3 Å². The van der Waals surface area contributed by atoms with Gasteiger partial charge in [-0.15, -0.1) is 0 Å². The number of aryl methyl sites for hydroxylation is 1. The molecule has 1 N–H and O–H groups in total. The Labute approximate surface area is 114 Å². The number of piperidine rings is 1. The Kier molecular flexibility index (Phi) is 3.13. The number of aromatic amines is 1. The zero-order valence-corrected chi connectivity index (χ0v) is 11.9. The van der Waals surface area contributed by atoms with Crippen molar-refractivity contribution in [2.24, 2.45) is 5.41 Å². The van der Waals surface area contributed by atoms with Gasteiger partial charge in [-0.05, 0) is 45.3 Å². The first kappa shape index (κ1) is 12.7. The highest BCUT2D eigenvalue weighted by molar-refractivity contribution is 5.95. The van der Waals surface area contributed by atoms with Crippen molar-refractivity contribution in [1.82, 2.24) is 14.8 Å². The molecule has 1 amide bonds. The molecule has 0 unspecified atom stereocenters. The van der Waals surface area contributed by atoms with Gasteiger partial charge >= 0.3 is 0 Å². The van der Waals surface area contributed by atoms with Crippen LogP contribution in [0.4, 0.5) is 0 Å². The zero-order valence-electron chi connectivity index (χ0n) is 11.9. The molecule has 1 aromatic rings. The summed E-state index contributed by atoms with van der Waals surface area (Å²) < 4.78 is 0. The van der Waals surface area contributed by atoms with Gasteiger partial charge in [0.05, 0.1) is 5.56 Å². The Morgan fingerprint density at radius 3 is 2.79 bits per heavy atom. The van der Waals surface area contributed by atoms with Gasteiger partial charge in [0, 0.05) is 37.4 Å². The van der Waals surface area contributed by atoms with Crippen molar-refractivity contribution in [3.63, 3.8) is 0 Å². The fraction of sp³-hybridized carbons (Fsp3) is 0.667. The van der Waals surface area contributed by atoms with Gasteiger partial charge in [-0.2, -0.15) is 0 Å². The van der Waals surface area contributed by atoms with Crippen LogP contribution in [0.2, 0.25) is 0 Å². The summed E-state index contributed by atoms with van der Waals surface area (Å²) in [5.74, 6) is 0.198. The summed E-state index contributed by atoms with van der Waals surface area (Å²) in [6.45, 7) is 6.18. The van der Waals surface area contributed by atoms with Gasteiger partial charge in [-0.3, -0.25) is 4.79 Å². The first-order valence-electron chi connectivity index (χ1n) is 7.21. The lowest BCUT2D eigenvalue weighted by molar-refractivity contribution is 0.0722. The van der Waals surface area contributed by atoms with Crippen LogP contribution in [0.3, 0.4) is 0 Å². The van der Waals surface area contributed by atoms with Crippen LogP contribution in [0.5, 0.6) is 0 Å². The number of nitrogens with one attached hydrogen (secondary N) is 1. The molecule has 104 valence electrons. The maximum Gasteiger partial charge on any atom is 0.255 e. The largest absolute Gasteiger partial charge is 0.367 e. The minimum absolute atomic E-state index is 0.198. The Bertz CT molecular complexity index is 481. The second-order valence-electron chi connectivity index (χ2n) is 6.37. The predicted octanol–water partition coefficient (Wildman–Crippen LogP) is 1.88. The van der Waals surface area contributed by atoms with Gasteiger partial charge in [0.2, 0.25) is 0 Å². The Hall–Kier alpha value is -1.29. The molecule has 4 nitrogen and oxygen atoms in total. The van der Waals surface area contributed by atoms with Crippen molar-refractivity contribution in [3.05, 3.63) is 23.5 Å². The number of H-pyrrole nitrogens is 1. The minimum atomic E-state index is 0.198. The fourth-order valence-corrected chi connectivity index (χ4v) is 3.74. The van der Waals surface area contributed by atoms with Gasteiger partial charge < -0.3 is 14.8 Å². The number of rotatable bonds is 1. The second kappa shape index (κ2) is 4.67. The third kappa shape index (κ3) is 2.29. The summed E-state index contributed by atoms with van der Waals surface area (Å²) in [6.07, 6.45) is 7.42. The van der Waals surface area contributed by atoms with Gasteiger partial charge in [0.15, 0.2) is 0 Å². The first-order valence-corrected chi connectivity index (χ1v) is 7.21. The van der Waals surface area contributed by atoms with Gasteiger partial charge in [-0.25, -0.2) is 0 Å². The lowest BCUT2D eigenvalue weighted by Gasteiger charge is -2.38. The van der Waals surface area contributed by atoms with Crippen LogP contribution < -0.4 is 0 Å². The molecule has 2 saturated heterocycles. The van der Waals surface area contributed by atoms with E-state index in [-0.39, 0.29) is 5.91 Å². The fourth-order valence-electron chi connectivity index (χ4n) is 3.74. The molecule has 2 aliphatic heterocycles. The molecule has 0 saturated carbocycles. The van der Waals surface area contributed by atoms with Crippen molar-refractivity contribution in [1.29, 1.82) is 0 Å². The van der Waals surface area contributed by atoms with E-state index >= 15 is 0 Å². The van der Waals surface area contributed by atoms with Crippen molar-refractivity contribution in [3.8, 4) is 0 Å². The number of carbonyl (C=O) groups is 1. The molecule has 19 heavy (non-hydrogen) atoms. The summed E-state index contributed by atoms with van der Waals surface area (Å²) in [5.41, 5.74) is 2.24. The van der Waals surface area contributed by atoms with Gasteiger partial charge in [0.1, 0.15) is 0 Å². The number of hydrogen-bond acceptors (Lipinski definition) is 2. The average molecular weight is 261 g/mol. The van der Waals surface area contributed by atoms with E-state index in [1.807, 2.05) is 19.3 Å². The molecule has 4 heteroatoms. The number of carbonyl (C=O) groups excluding carboxylic acids is 1. The number of likely N-dealkylation sites (tertiary alicyclic amines) is 2. The van der Waals surface area contributed by atoms with Crippen LogP contribution in [-0.2, 0) is 0 Å². The van der Waals surface area contributed by atoms with E-state index in [1.165, 1.54) is 19.4 Å². The van der Waals surface area contributed by atoms with Gasteiger partial charge in [0.25, 0.3) is 5.91 Å². The van der Waals surface area contributed by atoms with E-state index in [0.29, 0.717) is 5.41 Å². The monoisotopic (exact) mass is 261 g/mol. The molecular formula is C15H23N3O. The number of amides is 1. The minimum Gasteiger partial charge on any atom is -0.367 e. The van der Waals surface area contributed by atoms with Crippen molar-refractivity contribution in [2.75, 3.05) is 33.2 Å². The number of nitrogens with zero attached hydrogens (tertiary/aromatic N) is 2. The molecule has 0 bridgehead atoms. The average Bonchev–Trinajstić information content (AvgIpc) is 2.96. The highest BCUT2D eigenvalue weighted by Gasteiger charge is 2.42. The van der Waals surface area contributed by atoms with E-state index in [2.05, 4.69) is 21.8 Å². The lowest BCUT2D eigenvalue weighted by atomic mass is 9.79. The summed E-state index contributed by atoms with van der Waals surface area (Å²) in [4.78, 5) is 20.0. The Morgan fingerprint density at radius 2 is 2.11 bits per heavy atom. The quantitative estimate of drug-likeness (QED) is 0.838. The van der Waals surface area contributed by atoms with Crippen LogP contribution in [0.25, 0.3) is 0 Å². The summed E-state index contributed by atoms with van der Waals surface area (Å²) in [5, 5.41) is 0. The van der Waals surface area contributed by atoms with Crippen molar-refractivity contribution < 1.29 is 4.79 Å². The Balaban J connectivity index is 1.72. The van der Waals surface area contributed by atoms with Crippen molar-refractivity contribution in [2.45, 2.75) is 26.2 Å². The summed E-state index contributed by atoms with van der Waals surface area (Å²) >= 11 is 0. The molecule has 3 rings (SSSR count). The van der Waals surface area contributed by atoms with E-state index in [4.69, 9.17) is 0 Å². The molecule has 2 aliphatic rings. The van der Waals surface area contributed by atoms with Crippen LogP contribution in [-0.4, -0.2) is 53.9 Å². The van der Waals surface area contributed by atoms with E-state index in [9.17, 15) is 4.79 Å². The highest BCUT2D eigenvalue weighted by Crippen LogP contribution is 2.39.